The van der Waals surface area contributed by atoms with E-state index < -0.39 is 0 Å². The molecule has 0 atom stereocenters. The van der Waals surface area contributed by atoms with Crippen molar-refractivity contribution in [2.24, 2.45) is 0 Å². The largest absolute Gasteiger partial charge is 0.316 e. The Hall–Kier alpha value is -1.75. The van der Waals surface area contributed by atoms with Crippen LogP contribution in [0.25, 0.3) is 5.82 Å². The summed E-state index contributed by atoms with van der Waals surface area (Å²) in [6, 6.07) is 4.11. The average molecular weight is 259 g/mol. The highest BCUT2D eigenvalue weighted by atomic mass is 15.4. The molecule has 0 aliphatic heterocycles. The van der Waals surface area contributed by atoms with Crippen LogP contribution in [-0.4, -0.2) is 26.8 Å². The molecular formula is C14H21N5. The molecule has 0 aromatic carbocycles. The van der Waals surface area contributed by atoms with Crippen molar-refractivity contribution in [3.05, 3.63) is 35.0 Å². The molecular weight excluding hydrogens is 238 g/mol. The van der Waals surface area contributed by atoms with E-state index in [9.17, 15) is 0 Å². The number of nitrogens with one attached hydrogen (secondary N) is 1. The summed E-state index contributed by atoms with van der Waals surface area (Å²) >= 11 is 0. The molecule has 2 aromatic rings. The van der Waals surface area contributed by atoms with E-state index in [1.807, 2.05) is 24.7 Å². The first-order valence-electron chi connectivity index (χ1n) is 6.75. The van der Waals surface area contributed by atoms with Crippen molar-refractivity contribution in [3.63, 3.8) is 0 Å². The molecule has 1 N–H and O–H groups in total. The van der Waals surface area contributed by atoms with Gasteiger partial charge in [0.25, 0.3) is 0 Å². The molecule has 2 rings (SSSR count). The zero-order valence-corrected chi connectivity index (χ0v) is 12.1. The molecule has 0 saturated heterocycles. The molecule has 0 aliphatic carbocycles. The maximum Gasteiger partial charge on any atom is 0.155 e. The molecule has 5 heteroatoms. The van der Waals surface area contributed by atoms with Gasteiger partial charge in [0.15, 0.2) is 11.6 Å². The van der Waals surface area contributed by atoms with Crippen LogP contribution in [0.3, 0.4) is 0 Å². The fourth-order valence-electron chi connectivity index (χ4n) is 2.03. The first-order chi connectivity index (χ1) is 9.19. The Kier molecular flexibility index (Phi) is 4.27. The smallest absolute Gasteiger partial charge is 0.155 e. The quantitative estimate of drug-likeness (QED) is 0.890. The van der Waals surface area contributed by atoms with Crippen LogP contribution in [0, 0.1) is 6.92 Å². The summed E-state index contributed by atoms with van der Waals surface area (Å²) in [5, 5.41) is 7.66. The third kappa shape index (κ3) is 2.81. The molecule has 5 nitrogen and oxygen atoms in total. The van der Waals surface area contributed by atoms with Crippen LogP contribution in [0.1, 0.15) is 36.8 Å². The summed E-state index contributed by atoms with van der Waals surface area (Å²) in [4.78, 5) is 9.15. The molecule has 0 unspecified atom stereocenters. The fourth-order valence-corrected chi connectivity index (χ4v) is 2.03. The topological polar surface area (TPSA) is 55.6 Å². The Balaban J connectivity index is 2.41. The van der Waals surface area contributed by atoms with Gasteiger partial charge in [0.2, 0.25) is 0 Å². The second-order valence-electron chi connectivity index (χ2n) is 4.51. The molecule has 0 saturated carbocycles. The van der Waals surface area contributed by atoms with Crippen molar-refractivity contribution in [2.45, 2.75) is 40.2 Å². The van der Waals surface area contributed by atoms with Crippen LogP contribution < -0.4 is 5.32 Å². The number of hydrogen-bond acceptors (Lipinski definition) is 4. The van der Waals surface area contributed by atoms with Gasteiger partial charge in [-0.2, -0.15) is 4.68 Å². The summed E-state index contributed by atoms with van der Waals surface area (Å²) in [5.41, 5.74) is 2.24. The number of aromatic nitrogens is 4. The van der Waals surface area contributed by atoms with E-state index in [0.717, 1.165) is 42.5 Å². The SMILES string of the molecule is CCc1nc(CC)n(-c2ccc(CNC)c(C)n2)n1. The lowest BCUT2D eigenvalue weighted by Crippen LogP contribution is -2.10. The van der Waals surface area contributed by atoms with Crippen molar-refractivity contribution in [3.8, 4) is 5.82 Å². The predicted octanol–water partition coefficient (Wildman–Crippen LogP) is 1.81. The number of aryl methyl sites for hydroxylation is 3. The second kappa shape index (κ2) is 5.93. The Labute approximate surface area is 114 Å². The van der Waals surface area contributed by atoms with Crippen LogP contribution in [0.5, 0.6) is 0 Å². The van der Waals surface area contributed by atoms with E-state index in [-0.39, 0.29) is 0 Å². The Morgan fingerprint density at radius 2 is 1.95 bits per heavy atom. The Morgan fingerprint density at radius 3 is 2.53 bits per heavy atom. The van der Waals surface area contributed by atoms with Crippen LogP contribution in [0.15, 0.2) is 12.1 Å². The van der Waals surface area contributed by atoms with Crippen molar-refractivity contribution >= 4 is 0 Å². The van der Waals surface area contributed by atoms with Gasteiger partial charge < -0.3 is 5.32 Å². The highest BCUT2D eigenvalue weighted by Gasteiger charge is 2.11. The van der Waals surface area contributed by atoms with Crippen molar-refractivity contribution in [1.82, 2.24) is 25.1 Å². The molecule has 19 heavy (non-hydrogen) atoms. The summed E-state index contributed by atoms with van der Waals surface area (Å²) in [7, 11) is 1.94. The second-order valence-corrected chi connectivity index (χ2v) is 4.51. The number of pyridine rings is 1. The van der Waals surface area contributed by atoms with Crippen molar-refractivity contribution < 1.29 is 0 Å². The Bertz CT molecular complexity index is 559. The monoisotopic (exact) mass is 259 g/mol. The number of hydrogen-bond donors (Lipinski definition) is 1. The fraction of sp³-hybridized carbons (Fsp3) is 0.500. The molecule has 102 valence electrons. The molecule has 0 fully saturated rings. The molecule has 0 aliphatic rings. The maximum atomic E-state index is 4.64. The summed E-state index contributed by atoms with van der Waals surface area (Å²) in [5.74, 6) is 2.68. The summed E-state index contributed by atoms with van der Waals surface area (Å²) < 4.78 is 1.86. The van der Waals surface area contributed by atoms with Gasteiger partial charge >= 0.3 is 0 Å². The molecule has 2 heterocycles. The standard InChI is InChI=1S/C14H21N5/c1-5-12-17-13(6-2)19(18-12)14-8-7-11(9-15-4)10(3)16-14/h7-8,15H,5-6,9H2,1-4H3. The molecule has 2 aromatic heterocycles. The van der Waals surface area contributed by atoms with Crippen LogP contribution in [0.2, 0.25) is 0 Å². The maximum absolute atomic E-state index is 4.64. The minimum absolute atomic E-state index is 0.831. The molecule has 0 radical (unpaired) electrons. The predicted molar refractivity (Wildman–Crippen MR) is 75.4 cm³/mol. The van der Waals surface area contributed by atoms with E-state index in [4.69, 9.17) is 0 Å². The minimum Gasteiger partial charge on any atom is -0.316 e. The lowest BCUT2D eigenvalue weighted by atomic mass is 10.2. The van der Waals surface area contributed by atoms with Gasteiger partial charge in [0.1, 0.15) is 5.82 Å². The van der Waals surface area contributed by atoms with Gasteiger partial charge in [-0.15, -0.1) is 5.10 Å². The third-order valence-electron chi connectivity index (χ3n) is 3.12. The Morgan fingerprint density at radius 1 is 1.16 bits per heavy atom. The van der Waals surface area contributed by atoms with E-state index in [1.165, 1.54) is 5.56 Å². The van der Waals surface area contributed by atoms with Crippen molar-refractivity contribution in [2.75, 3.05) is 7.05 Å². The van der Waals surface area contributed by atoms with Gasteiger partial charge in [-0.25, -0.2) is 9.97 Å². The lowest BCUT2D eigenvalue weighted by molar-refractivity contribution is 0.755. The van der Waals surface area contributed by atoms with Crippen molar-refractivity contribution in [1.29, 1.82) is 0 Å². The number of nitrogens with zero attached hydrogens (tertiary/aromatic N) is 4. The minimum atomic E-state index is 0.831. The summed E-state index contributed by atoms with van der Waals surface area (Å²) in [6.07, 6.45) is 1.70. The van der Waals surface area contributed by atoms with Gasteiger partial charge in [-0.3, -0.25) is 0 Å². The molecule has 0 bridgehead atoms. The number of rotatable bonds is 5. The lowest BCUT2D eigenvalue weighted by Gasteiger charge is -2.08. The molecule has 0 amide bonds. The summed E-state index contributed by atoms with van der Waals surface area (Å²) in [6.45, 7) is 7.01. The third-order valence-corrected chi connectivity index (χ3v) is 3.12. The van der Waals surface area contributed by atoms with Crippen LogP contribution in [0.4, 0.5) is 0 Å². The zero-order valence-electron chi connectivity index (χ0n) is 12.1. The highest BCUT2D eigenvalue weighted by molar-refractivity contribution is 5.30. The molecule has 0 spiro atoms. The van der Waals surface area contributed by atoms with E-state index >= 15 is 0 Å². The first kappa shape index (κ1) is 13.7. The van der Waals surface area contributed by atoms with Crippen LogP contribution in [-0.2, 0) is 19.4 Å². The van der Waals surface area contributed by atoms with Gasteiger partial charge in [0.05, 0.1) is 0 Å². The van der Waals surface area contributed by atoms with E-state index in [1.54, 1.807) is 0 Å². The normalized spacial score (nSPS) is 10.9. The average Bonchev–Trinajstić information content (AvgIpc) is 2.84. The first-order valence-corrected chi connectivity index (χ1v) is 6.75. The van der Waals surface area contributed by atoms with E-state index in [0.29, 0.717) is 0 Å². The van der Waals surface area contributed by atoms with Gasteiger partial charge in [0, 0.05) is 25.1 Å². The van der Waals surface area contributed by atoms with Gasteiger partial charge in [-0.1, -0.05) is 19.9 Å². The van der Waals surface area contributed by atoms with E-state index in [2.05, 4.69) is 40.3 Å². The van der Waals surface area contributed by atoms with Crippen LogP contribution >= 0.6 is 0 Å². The van der Waals surface area contributed by atoms with Gasteiger partial charge in [-0.05, 0) is 25.6 Å². The highest BCUT2D eigenvalue weighted by Crippen LogP contribution is 2.12. The zero-order chi connectivity index (χ0) is 13.8.